The largest absolute Gasteiger partial charge is 0.443 e. The number of morpholine rings is 1. The molecule has 0 saturated carbocycles. The number of nitrogens with one attached hydrogen (secondary N) is 1. The van der Waals surface area contributed by atoms with E-state index in [1.54, 1.807) is 0 Å². The van der Waals surface area contributed by atoms with E-state index in [4.69, 9.17) is 9.15 Å². The molecular formula is C18H32IN5O2. The number of ether oxygens (including phenoxy) is 1. The van der Waals surface area contributed by atoms with E-state index in [9.17, 15) is 0 Å². The first-order valence-corrected chi connectivity index (χ1v) is 9.20. The number of aromatic nitrogens is 1. The Morgan fingerprint density at radius 3 is 2.65 bits per heavy atom. The normalized spacial score (nSPS) is 22.4. The molecule has 0 amide bonds. The summed E-state index contributed by atoms with van der Waals surface area (Å²) >= 11 is 0. The number of oxazole rings is 1. The standard InChI is InChI=1S/C18H31N5O2.HI/c1-18(2,3)15-11-20-16(25-15)12-21-17(19-4)23-6-5-14(13-23)22-7-9-24-10-8-22;/h11,14H,5-10,12-13H2,1-4H3,(H,19,21);1H. The van der Waals surface area contributed by atoms with E-state index >= 15 is 0 Å². The summed E-state index contributed by atoms with van der Waals surface area (Å²) < 4.78 is 11.3. The molecule has 1 aromatic rings. The molecule has 0 bridgehead atoms. The molecule has 0 aromatic carbocycles. The van der Waals surface area contributed by atoms with Crippen LogP contribution in [0.4, 0.5) is 0 Å². The molecule has 7 nitrogen and oxygen atoms in total. The Morgan fingerprint density at radius 1 is 1.31 bits per heavy atom. The molecule has 2 saturated heterocycles. The van der Waals surface area contributed by atoms with Crippen molar-refractivity contribution in [3.05, 3.63) is 17.8 Å². The zero-order valence-electron chi connectivity index (χ0n) is 16.3. The van der Waals surface area contributed by atoms with Crippen molar-refractivity contribution in [2.45, 2.75) is 45.2 Å². The van der Waals surface area contributed by atoms with Gasteiger partial charge in [0.2, 0.25) is 5.89 Å². The number of halogens is 1. The van der Waals surface area contributed by atoms with Gasteiger partial charge in [0, 0.05) is 44.7 Å². The SMILES string of the molecule is CN=C(NCc1ncc(C(C)(C)C)o1)N1CCC(N2CCOCC2)C1.I. The number of hydrogen-bond donors (Lipinski definition) is 1. The number of aliphatic imine (C=N–C) groups is 1. The van der Waals surface area contributed by atoms with Gasteiger partial charge in [-0.25, -0.2) is 4.98 Å². The zero-order valence-corrected chi connectivity index (χ0v) is 18.7. The Bertz CT molecular complexity index is 593. The van der Waals surface area contributed by atoms with E-state index in [1.807, 2.05) is 13.2 Å². The molecule has 2 aliphatic rings. The van der Waals surface area contributed by atoms with Crippen LogP contribution in [0.3, 0.4) is 0 Å². The Balaban J connectivity index is 0.00000243. The van der Waals surface area contributed by atoms with Crippen LogP contribution in [0, 0.1) is 0 Å². The number of hydrogen-bond acceptors (Lipinski definition) is 5. The van der Waals surface area contributed by atoms with E-state index in [-0.39, 0.29) is 29.4 Å². The molecule has 2 fully saturated rings. The van der Waals surface area contributed by atoms with Gasteiger partial charge >= 0.3 is 0 Å². The van der Waals surface area contributed by atoms with Crippen LogP contribution >= 0.6 is 24.0 Å². The third-order valence-corrected chi connectivity index (χ3v) is 4.93. The second kappa shape index (κ2) is 9.36. The summed E-state index contributed by atoms with van der Waals surface area (Å²) in [5.74, 6) is 2.54. The van der Waals surface area contributed by atoms with Crippen LogP contribution in [-0.4, -0.2) is 73.2 Å². The van der Waals surface area contributed by atoms with Crippen molar-refractivity contribution in [1.29, 1.82) is 0 Å². The van der Waals surface area contributed by atoms with Crippen molar-refractivity contribution >= 4 is 29.9 Å². The van der Waals surface area contributed by atoms with Crippen LogP contribution in [0.1, 0.15) is 38.8 Å². The molecule has 3 heterocycles. The van der Waals surface area contributed by atoms with Gasteiger partial charge in [0.1, 0.15) is 5.76 Å². The van der Waals surface area contributed by atoms with Gasteiger partial charge in [0.15, 0.2) is 5.96 Å². The minimum atomic E-state index is -0.0206. The van der Waals surface area contributed by atoms with Crippen molar-refractivity contribution in [3.63, 3.8) is 0 Å². The van der Waals surface area contributed by atoms with Gasteiger partial charge in [-0.2, -0.15) is 0 Å². The maximum Gasteiger partial charge on any atom is 0.213 e. The molecule has 1 unspecified atom stereocenters. The minimum Gasteiger partial charge on any atom is -0.443 e. The highest BCUT2D eigenvalue weighted by Crippen LogP contribution is 2.22. The topological polar surface area (TPSA) is 66.1 Å². The van der Waals surface area contributed by atoms with Crippen molar-refractivity contribution in [2.75, 3.05) is 46.4 Å². The third-order valence-electron chi connectivity index (χ3n) is 4.93. The predicted molar refractivity (Wildman–Crippen MR) is 113 cm³/mol. The lowest BCUT2D eigenvalue weighted by Gasteiger charge is -2.32. The van der Waals surface area contributed by atoms with Crippen molar-refractivity contribution in [1.82, 2.24) is 20.1 Å². The quantitative estimate of drug-likeness (QED) is 0.409. The lowest BCUT2D eigenvalue weighted by atomic mass is 9.94. The molecule has 3 rings (SSSR count). The van der Waals surface area contributed by atoms with E-state index in [1.165, 1.54) is 6.42 Å². The summed E-state index contributed by atoms with van der Waals surface area (Å²) in [6.45, 7) is 12.7. The highest BCUT2D eigenvalue weighted by atomic mass is 127. The fourth-order valence-electron chi connectivity index (χ4n) is 3.40. The second-order valence-corrected chi connectivity index (χ2v) is 7.81. The summed E-state index contributed by atoms with van der Waals surface area (Å²) in [6, 6.07) is 0.594. The average Bonchev–Trinajstić information content (AvgIpc) is 3.25. The lowest BCUT2D eigenvalue weighted by Crippen LogP contribution is -2.46. The average molecular weight is 477 g/mol. The molecular weight excluding hydrogens is 445 g/mol. The van der Waals surface area contributed by atoms with E-state index in [2.05, 4.69) is 45.9 Å². The first kappa shape index (κ1) is 21.4. The van der Waals surface area contributed by atoms with Crippen molar-refractivity contribution in [3.8, 4) is 0 Å². The van der Waals surface area contributed by atoms with Gasteiger partial charge in [-0.1, -0.05) is 20.8 Å². The zero-order chi connectivity index (χ0) is 17.9. The van der Waals surface area contributed by atoms with Gasteiger partial charge in [0.05, 0.1) is 26.0 Å². The number of guanidine groups is 1. The lowest BCUT2D eigenvalue weighted by molar-refractivity contribution is 0.0195. The maximum absolute atomic E-state index is 5.85. The molecule has 0 aliphatic carbocycles. The van der Waals surface area contributed by atoms with Crippen LogP contribution < -0.4 is 5.32 Å². The number of rotatable bonds is 3. The molecule has 1 N–H and O–H groups in total. The van der Waals surface area contributed by atoms with Crippen molar-refractivity contribution < 1.29 is 9.15 Å². The first-order valence-electron chi connectivity index (χ1n) is 9.20. The Kier molecular flexibility index (Phi) is 7.72. The van der Waals surface area contributed by atoms with Gasteiger partial charge in [-0.3, -0.25) is 9.89 Å². The molecule has 0 spiro atoms. The summed E-state index contributed by atoms with van der Waals surface area (Å²) in [6.07, 6.45) is 3.00. The van der Waals surface area contributed by atoms with Gasteiger partial charge < -0.3 is 19.4 Å². The maximum atomic E-state index is 5.85. The van der Waals surface area contributed by atoms with Gasteiger partial charge in [0.25, 0.3) is 0 Å². The summed E-state index contributed by atoms with van der Waals surface area (Å²) in [5.41, 5.74) is -0.0206. The third kappa shape index (κ3) is 5.32. The highest BCUT2D eigenvalue weighted by Gasteiger charge is 2.30. The van der Waals surface area contributed by atoms with E-state index in [0.717, 1.165) is 51.1 Å². The second-order valence-electron chi connectivity index (χ2n) is 7.81. The summed E-state index contributed by atoms with van der Waals surface area (Å²) in [7, 11) is 1.83. The Hall–Kier alpha value is -0.870. The molecule has 1 atom stereocenters. The fourth-order valence-corrected chi connectivity index (χ4v) is 3.40. The minimum absolute atomic E-state index is 0. The highest BCUT2D eigenvalue weighted by molar-refractivity contribution is 14.0. The summed E-state index contributed by atoms with van der Waals surface area (Å²) in [4.78, 5) is 13.7. The molecule has 1 aromatic heterocycles. The van der Waals surface area contributed by atoms with Crippen LogP contribution in [0.15, 0.2) is 15.6 Å². The van der Waals surface area contributed by atoms with Crippen LogP contribution in [0.2, 0.25) is 0 Å². The monoisotopic (exact) mass is 477 g/mol. The molecule has 0 radical (unpaired) electrons. The van der Waals surface area contributed by atoms with E-state index < -0.39 is 0 Å². The predicted octanol–water partition coefficient (Wildman–Crippen LogP) is 2.07. The van der Waals surface area contributed by atoms with Crippen molar-refractivity contribution in [2.24, 2.45) is 4.99 Å². The Labute approximate surface area is 173 Å². The fraction of sp³-hybridized carbons (Fsp3) is 0.778. The smallest absolute Gasteiger partial charge is 0.213 e. The molecule has 8 heteroatoms. The van der Waals surface area contributed by atoms with E-state index in [0.29, 0.717) is 18.5 Å². The van der Waals surface area contributed by atoms with Crippen LogP contribution in [0.25, 0.3) is 0 Å². The molecule has 148 valence electrons. The first-order chi connectivity index (χ1) is 12.0. The van der Waals surface area contributed by atoms with Crippen LogP contribution in [0.5, 0.6) is 0 Å². The number of nitrogens with zero attached hydrogens (tertiary/aromatic N) is 4. The molecule has 26 heavy (non-hydrogen) atoms. The van der Waals surface area contributed by atoms with Gasteiger partial charge in [-0.15, -0.1) is 24.0 Å². The molecule has 2 aliphatic heterocycles. The van der Waals surface area contributed by atoms with Gasteiger partial charge in [-0.05, 0) is 6.42 Å². The van der Waals surface area contributed by atoms with Crippen LogP contribution in [-0.2, 0) is 16.7 Å². The number of likely N-dealkylation sites (tertiary alicyclic amines) is 1. The Morgan fingerprint density at radius 2 is 2.04 bits per heavy atom. The summed E-state index contributed by atoms with van der Waals surface area (Å²) in [5, 5.41) is 3.39.